The Balaban J connectivity index is 1.94. The predicted octanol–water partition coefficient (Wildman–Crippen LogP) is 3.88. The Hall–Kier alpha value is -1.88. The van der Waals surface area contributed by atoms with E-state index in [9.17, 15) is 13.6 Å². The quantitative estimate of drug-likeness (QED) is 0.758. The summed E-state index contributed by atoms with van der Waals surface area (Å²) in [6.45, 7) is 0. The summed E-state index contributed by atoms with van der Waals surface area (Å²) >= 11 is 1.30. The first-order valence-corrected chi connectivity index (χ1v) is 7.30. The topological polar surface area (TPSA) is 26.3 Å². The minimum Gasteiger partial charge on any atom is -0.494 e. The second-order valence-electron chi connectivity index (χ2n) is 4.39. The van der Waals surface area contributed by atoms with Gasteiger partial charge < -0.3 is 4.74 Å². The standard InChI is InChI=1S/C16H14F2O2S/c1-20-15-4-2-3-11(16(15)18)9-13(19)10-21-14-7-5-12(17)6-8-14/h2-8H,9-10H2,1H3. The Kier molecular flexibility index (Phi) is 5.33. The first-order chi connectivity index (χ1) is 10.1. The highest BCUT2D eigenvalue weighted by atomic mass is 32.2. The molecule has 0 aliphatic rings. The zero-order valence-corrected chi connectivity index (χ0v) is 12.3. The molecule has 5 heteroatoms. The van der Waals surface area contributed by atoms with Gasteiger partial charge in [0.25, 0.3) is 0 Å². The van der Waals surface area contributed by atoms with E-state index in [-0.39, 0.29) is 29.5 Å². The first kappa shape index (κ1) is 15.5. The highest BCUT2D eigenvalue weighted by molar-refractivity contribution is 8.00. The van der Waals surface area contributed by atoms with E-state index in [1.807, 2.05) is 0 Å². The van der Waals surface area contributed by atoms with Crippen LogP contribution in [0.25, 0.3) is 0 Å². The number of carbonyl (C=O) groups is 1. The number of hydrogen-bond acceptors (Lipinski definition) is 3. The van der Waals surface area contributed by atoms with E-state index in [0.29, 0.717) is 5.56 Å². The number of methoxy groups -OCH3 is 1. The van der Waals surface area contributed by atoms with Gasteiger partial charge in [0.2, 0.25) is 0 Å². The van der Waals surface area contributed by atoms with E-state index in [4.69, 9.17) is 4.74 Å². The molecule has 2 nitrogen and oxygen atoms in total. The average Bonchev–Trinajstić information content (AvgIpc) is 2.49. The molecule has 0 unspecified atom stereocenters. The Morgan fingerprint density at radius 2 is 1.86 bits per heavy atom. The smallest absolute Gasteiger partial charge is 0.168 e. The Morgan fingerprint density at radius 3 is 2.52 bits per heavy atom. The van der Waals surface area contributed by atoms with Crippen LogP contribution in [0.2, 0.25) is 0 Å². The van der Waals surface area contributed by atoms with E-state index in [1.165, 1.54) is 37.1 Å². The van der Waals surface area contributed by atoms with E-state index in [1.54, 1.807) is 24.3 Å². The highest BCUT2D eigenvalue weighted by Crippen LogP contribution is 2.22. The third-order valence-electron chi connectivity index (χ3n) is 2.86. The van der Waals surface area contributed by atoms with Gasteiger partial charge in [-0.25, -0.2) is 8.78 Å². The lowest BCUT2D eigenvalue weighted by Gasteiger charge is -2.07. The minimum atomic E-state index is -0.500. The number of hydrogen-bond donors (Lipinski definition) is 0. The molecule has 0 amide bonds. The van der Waals surface area contributed by atoms with E-state index in [0.717, 1.165) is 4.90 Å². The summed E-state index contributed by atoms with van der Waals surface area (Å²) in [5, 5.41) is 0. The number of thioether (sulfide) groups is 1. The van der Waals surface area contributed by atoms with Crippen LogP contribution in [0.1, 0.15) is 5.56 Å². The molecule has 0 saturated carbocycles. The van der Waals surface area contributed by atoms with Gasteiger partial charge in [-0.1, -0.05) is 12.1 Å². The van der Waals surface area contributed by atoms with Crippen LogP contribution < -0.4 is 4.74 Å². The minimum absolute atomic E-state index is 0.0111. The molecule has 0 heterocycles. The third kappa shape index (κ3) is 4.29. The second kappa shape index (κ2) is 7.22. The summed E-state index contributed by atoms with van der Waals surface area (Å²) in [6.07, 6.45) is 0.0111. The molecule has 0 saturated heterocycles. The van der Waals surface area contributed by atoms with Gasteiger partial charge in [0.1, 0.15) is 11.6 Å². The van der Waals surface area contributed by atoms with Gasteiger partial charge >= 0.3 is 0 Å². The average molecular weight is 308 g/mol. The monoisotopic (exact) mass is 308 g/mol. The molecule has 0 spiro atoms. The molecule has 0 aliphatic heterocycles. The van der Waals surface area contributed by atoms with Crippen LogP contribution in [0.4, 0.5) is 8.78 Å². The summed E-state index contributed by atoms with van der Waals surface area (Å²) < 4.78 is 31.6. The van der Waals surface area contributed by atoms with Gasteiger partial charge in [-0.05, 0) is 35.9 Å². The van der Waals surface area contributed by atoms with Crippen molar-refractivity contribution in [2.45, 2.75) is 11.3 Å². The van der Waals surface area contributed by atoms with Crippen LogP contribution in [0.15, 0.2) is 47.4 Å². The molecule has 2 rings (SSSR count). The molecule has 0 aromatic heterocycles. The Bertz CT molecular complexity index is 627. The molecule has 0 bridgehead atoms. The number of halogens is 2. The first-order valence-electron chi connectivity index (χ1n) is 6.31. The van der Waals surface area contributed by atoms with Crippen molar-refractivity contribution in [2.75, 3.05) is 12.9 Å². The predicted molar refractivity (Wildman–Crippen MR) is 78.8 cm³/mol. The van der Waals surface area contributed by atoms with Crippen LogP contribution in [0.5, 0.6) is 5.75 Å². The molecular weight excluding hydrogens is 294 g/mol. The van der Waals surface area contributed by atoms with Gasteiger partial charge in [-0.15, -0.1) is 11.8 Å². The fourth-order valence-electron chi connectivity index (χ4n) is 1.81. The zero-order chi connectivity index (χ0) is 15.2. The van der Waals surface area contributed by atoms with Gasteiger partial charge in [0.05, 0.1) is 12.9 Å². The van der Waals surface area contributed by atoms with Crippen molar-refractivity contribution < 1.29 is 18.3 Å². The summed E-state index contributed by atoms with van der Waals surface area (Å²) in [7, 11) is 1.38. The fourth-order valence-corrected chi connectivity index (χ4v) is 2.57. The van der Waals surface area contributed by atoms with Crippen molar-refractivity contribution in [3.63, 3.8) is 0 Å². The van der Waals surface area contributed by atoms with Gasteiger partial charge in [0.15, 0.2) is 11.6 Å². The molecule has 0 N–H and O–H groups in total. The van der Waals surface area contributed by atoms with Gasteiger partial charge in [0, 0.05) is 11.3 Å². The Morgan fingerprint density at radius 1 is 1.14 bits per heavy atom. The molecule has 21 heavy (non-hydrogen) atoms. The lowest BCUT2D eigenvalue weighted by atomic mass is 10.1. The zero-order valence-electron chi connectivity index (χ0n) is 11.4. The van der Waals surface area contributed by atoms with Crippen LogP contribution in [-0.2, 0) is 11.2 Å². The molecule has 0 aliphatic carbocycles. The van der Waals surface area contributed by atoms with Crippen LogP contribution >= 0.6 is 11.8 Å². The number of Topliss-reactive ketones (excluding diaryl/α,β-unsaturated/α-hetero) is 1. The lowest BCUT2D eigenvalue weighted by Crippen LogP contribution is -2.07. The van der Waals surface area contributed by atoms with E-state index < -0.39 is 5.82 Å². The van der Waals surface area contributed by atoms with Crippen LogP contribution in [0.3, 0.4) is 0 Å². The molecule has 2 aromatic rings. The van der Waals surface area contributed by atoms with Crippen molar-refractivity contribution in [1.29, 1.82) is 0 Å². The van der Waals surface area contributed by atoms with Crippen molar-refractivity contribution >= 4 is 17.5 Å². The summed E-state index contributed by atoms with van der Waals surface area (Å²) in [5.74, 6) is -0.574. The van der Waals surface area contributed by atoms with E-state index >= 15 is 0 Å². The number of ketones is 1. The molecular formula is C16H14F2O2S. The van der Waals surface area contributed by atoms with Crippen LogP contribution in [0, 0.1) is 11.6 Å². The maximum absolute atomic E-state index is 13.9. The van der Waals surface area contributed by atoms with Gasteiger partial charge in [-0.2, -0.15) is 0 Å². The second-order valence-corrected chi connectivity index (χ2v) is 5.44. The molecule has 0 atom stereocenters. The van der Waals surface area contributed by atoms with E-state index in [2.05, 4.69) is 0 Å². The number of benzene rings is 2. The Labute approximate surface area is 126 Å². The van der Waals surface area contributed by atoms with Gasteiger partial charge in [-0.3, -0.25) is 4.79 Å². The van der Waals surface area contributed by atoms with Crippen molar-refractivity contribution in [1.82, 2.24) is 0 Å². The molecule has 0 fully saturated rings. The summed E-state index contributed by atoms with van der Waals surface area (Å²) in [5.41, 5.74) is 0.319. The number of ether oxygens (including phenoxy) is 1. The largest absolute Gasteiger partial charge is 0.494 e. The van der Waals surface area contributed by atoms with Crippen molar-refractivity contribution in [2.24, 2.45) is 0 Å². The van der Waals surface area contributed by atoms with Crippen molar-refractivity contribution in [3.05, 3.63) is 59.7 Å². The maximum Gasteiger partial charge on any atom is 0.168 e. The fraction of sp³-hybridized carbons (Fsp3) is 0.188. The molecule has 110 valence electrons. The normalized spacial score (nSPS) is 10.4. The van der Waals surface area contributed by atoms with Crippen molar-refractivity contribution in [3.8, 4) is 5.75 Å². The summed E-state index contributed by atoms with van der Waals surface area (Å²) in [4.78, 5) is 12.7. The van der Waals surface area contributed by atoms with Crippen LogP contribution in [-0.4, -0.2) is 18.6 Å². The highest BCUT2D eigenvalue weighted by Gasteiger charge is 2.12. The molecule has 0 radical (unpaired) electrons. The SMILES string of the molecule is COc1cccc(CC(=O)CSc2ccc(F)cc2)c1F. The number of carbonyl (C=O) groups excluding carboxylic acids is 1. The third-order valence-corrected chi connectivity index (χ3v) is 3.94. The summed E-state index contributed by atoms with van der Waals surface area (Å²) in [6, 6.07) is 10.6. The number of rotatable bonds is 6. The lowest BCUT2D eigenvalue weighted by molar-refractivity contribution is -0.116. The molecule has 2 aromatic carbocycles. The maximum atomic E-state index is 13.9.